The van der Waals surface area contributed by atoms with E-state index in [1.54, 1.807) is 0 Å². The highest BCUT2D eigenvalue weighted by atomic mass is 32.1. The van der Waals surface area contributed by atoms with Gasteiger partial charge in [-0.25, -0.2) is 4.98 Å². The van der Waals surface area contributed by atoms with Crippen LogP contribution in [0.4, 0.5) is 0 Å². The van der Waals surface area contributed by atoms with Gasteiger partial charge in [0.05, 0.1) is 10.7 Å². The molecule has 0 radical (unpaired) electrons. The van der Waals surface area contributed by atoms with Crippen molar-refractivity contribution in [3.63, 3.8) is 0 Å². The zero-order chi connectivity index (χ0) is 12.5. The molecule has 0 unspecified atom stereocenters. The zero-order valence-corrected chi connectivity index (χ0v) is 12.2. The summed E-state index contributed by atoms with van der Waals surface area (Å²) in [6.07, 6.45) is 4.03. The van der Waals surface area contributed by atoms with Crippen molar-refractivity contribution in [2.75, 3.05) is 20.6 Å². The van der Waals surface area contributed by atoms with Crippen molar-refractivity contribution in [3.8, 4) is 0 Å². The molecule has 0 aliphatic heterocycles. The Morgan fingerprint density at radius 2 is 2.06 bits per heavy atom. The molecule has 3 nitrogen and oxygen atoms in total. The lowest BCUT2D eigenvalue weighted by Crippen LogP contribution is -2.56. The van der Waals surface area contributed by atoms with Gasteiger partial charge >= 0.3 is 0 Å². The Labute approximate surface area is 108 Å². The first kappa shape index (κ1) is 13.0. The quantitative estimate of drug-likeness (QED) is 0.873. The molecule has 1 aliphatic rings. The fourth-order valence-electron chi connectivity index (χ4n) is 2.51. The van der Waals surface area contributed by atoms with Crippen molar-refractivity contribution in [2.24, 2.45) is 0 Å². The molecular weight excluding hydrogens is 230 g/mol. The van der Waals surface area contributed by atoms with Crippen LogP contribution in [0.15, 0.2) is 0 Å². The van der Waals surface area contributed by atoms with E-state index >= 15 is 0 Å². The van der Waals surface area contributed by atoms with Gasteiger partial charge in [-0.15, -0.1) is 11.3 Å². The molecule has 1 fully saturated rings. The average molecular weight is 253 g/mol. The van der Waals surface area contributed by atoms with Crippen molar-refractivity contribution in [1.29, 1.82) is 0 Å². The number of nitrogens with zero attached hydrogens (tertiary/aromatic N) is 2. The highest BCUT2D eigenvalue weighted by Crippen LogP contribution is 2.35. The molecule has 0 bridgehead atoms. The summed E-state index contributed by atoms with van der Waals surface area (Å²) in [6.45, 7) is 6.24. The number of rotatable bonds is 5. The molecule has 4 heteroatoms. The van der Waals surface area contributed by atoms with Crippen molar-refractivity contribution in [2.45, 2.75) is 45.2 Å². The molecule has 1 N–H and O–H groups in total. The summed E-state index contributed by atoms with van der Waals surface area (Å²) in [7, 11) is 4.39. The molecule has 1 aromatic heterocycles. The van der Waals surface area contributed by atoms with E-state index in [9.17, 15) is 0 Å². The van der Waals surface area contributed by atoms with Gasteiger partial charge in [-0.2, -0.15) is 0 Å². The number of thiazole rings is 1. The fraction of sp³-hybridized carbons (Fsp3) is 0.769. The lowest BCUT2D eigenvalue weighted by molar-refractivity contribution is 0.0599. The topological polar surface area (TPSA) is 28.2 Å². The number of hydrogen-bond donors (Lipinski definition) is 1. The predicted molar refractivity (Wildman–Crippen MR) is 73.6 cm³/mol. The molecule has 17 heavy (non-hydrogen) atoms. The van der Waals surface area contributed by atoms with E-state index in [2.05, 4.69) is 43.1 Å². The highest BCUT2D eigenvalue weighted by molar-refractivity contribution is 7.11. The van der Waals surface area contributed by atoms with Crippen LogP contribution in [0.2, 0.25) is 0 Å². The highest BCUT2D eigenvalue weighted by Gasteiger charge is 2.38. The van der Waals surface area contributed by atoms with Crippen LogP contribution in [0, 0.1) is 13.8 Å². The molecular formula is C13H23N3S. The molecule has 1 aromatic rings. The predicted octanol–water partition coefficient (Wildman–Crippen LogP) is 2.33. The molecule has 0 atom stereocenters. The van der Waals surface area contributed by atoms with E-state index in [0.717, 1.165) is 13.1 Å². The molecule has 0 saturated heterocycles. The van der Waals surface area contributed by atoms with Gasteiger partial charge in [0.25, 0.3) is 0 Å². The minimum atomic E-state index is 0.410. The molecule has 1 aliphatic carbocycles. The zero-order valence-electron chi connectivity index (χ0n) is 11.3. The summed E-state index contributed by atoms with van der Waals surface area (Å²) >= 11 is 1.81. The molecule has 1 saturated carbocycles. The maximum Gasteiger partial charge on any atom is 0.0900 e. The van der Waals surface area contributed by atoms with Crippen LogP contribution in [-0.4, -0.2) is 36.1 Å². The average Bonchev–Trinajstić information content (AvgIpc) is 2.49. The number of hydrogen-bond acceptors (Lipinski definition) is 4. The van der Waals surface area contributed by atoms with Crippen LogP contribution < -0.4 is 5.32 Å². The third kappa shape index (κ3) is 2.69. The second-order valence-corrected chi connectivity index (χ2v) is 6.61. The maximum absolute atomic E-state index is 4.46. The van der Waals surface area contributed by atoms with E-state index < -0.39 is 0 Å². The van der Waals surface area contributed by atoms with Crippen molar-refractivity contribution in [3.05, 3.63) is 15.6 Å². The maximum atomic E-state index is 4.46. The van der Waals surface area contributed by atoms with Crippen LogP contribution >= 0.6 is 11.3 Å². The van der Waals surface area contributed by atoms with Gasteiger partial charge in [-0.05, 0) is 47.2 Å². The van der Waals surface area contributed by atoms with Gasteiger partial charge in [-0.1, -0.05) is 0 Å². The minimum Gasteiger partial charge on any atom is -0.310 e. The van der Waals surface area contributed by atoms with E-state index in [1.807, 2.05) is 11.3 Å². The lowest BCUT2D eigenvalue weighted by Gasteiger charge is -2.47. The van der Waals surface area contributed by atoms with Crippen LogP contribution in [0.5, 0.6) is 0 Å². The van der Waals surface area contributed by atoms with Gasteiger partial charge in [0.1, 0.15) is 0 Å². The number of nitrogens with one attached hydrogen (secondary N) is 1. The first-order valence-electron chi connectivity index (χ1n) is 6.34. The standard InChI is InChI=1S/C13H23N3S/c1-10-12(17-11(2)15-10)8-14-9-13(16(3)4)6-5-7-13/h14H,5-9H2,1-4H3. The summed E-state index contributed by atoms with van der Waals surface area (Å²) in [5, 5.41) is 4.78. The third-order valence-corrected chi connectivity index (χ3v) is 5.05. The van der Waals surface area contributed by atoms with Crippen molar-refractivity contribution in [1.82, 2.24) is 15.2 Å². The van der Waals surface area contributed by atoms with Gasteiger partial charge in [0.2, 0.25) is 0 Å². The number of likely N-dealkylation sites (N-methyl/N-ethyl adjacent to an activating group) is 1. The summed E-state index contributed by atoms with van der Waals surface area (Å²) in [5.41, 5.74) is 1.60. The van der Waals surface area contributed by atoms with Crippen LogP contribution in [0.25, 0.3) is 0 Å². The molecule has 1 heterocycles. The smallest absolute Gasteiger partial charge is 0.0900 e. The van der Waals surface area contributed by atoms with Crippen molar-refractivity contribution >= 4 is 11.3 Å². The first-order chi connectivity index (χ1) is 8.03. The molecule has 0 spiro atoms. The monoisotopic (exact) mass is 253 g/mol. The largest absolute Gasteiger partial charge is 0.310 e. The Balaban J connectivity index is 1.85. The van der Waals surface area contributed by atoms with Crippen molar-refractivity contribution < 1.29 is 0 Å². The van der Waals surface area contributed by atoms with E-state index in [1.165, 1.54) is 34.8 Å². The Bertz CT molecular complexity index is 380. The summed E-state index contributed by atoms with van der Waals surface area (Å²) < 4.78 is 0. The van der Waals surface area contributed by atoms with Gasteiger partial charge in [0, 0.05) is 23.5 Å². The Morgan fingerprint density at radius 3 is 2.47 bits per heavy atom. The normalized spacial score (nSPS) is 18.4. The van der Waals surface area contributed by atoms with E-state index in [-0.39, 0.29) is 0 Å². The SMILES string of the molecule is Cc1nc(C)c(CNCC2(N(C)C)CCC2)s1. The number of aryl methyl sites for hydroxylation is 2. The van der Waals surface area contributed by atoms with Gasteiger partial charge in [-0.3, -0.25) is 0 Å². The summed E-state index contributed by atoms with van der Waals surface area (Å²) in [5.74, 6) is 0. The third-order valence-electron chi connectivity index (χ3n) is 3.97. The Morgan fingerprint density at radius 1 is 1.35 bits per heavy atom. The first-order valence-corrected chi connectivity index (χ1v) is 7.16. The minimum absolute atomic E-state index is 0.410. The molecule has 0 aromatic carbocycles. The van der Waals surface area contributed by atoms with Crippen LogP contribution in [-0.2, 0) is 6.54 Å². The van der Waals surface area contributed by atoms with Crippen LogP contribution in [0.3, 0.4) is 0 Å². The Kier molecular flexibility index (Phi) is 3.85. The lowest BCUT2D eigenvalue weighted by atomic mass is 9.75. The fourth-order valence-corrected chi connectivity index (χ4v) is 3.42. The Hall–Kier alpha value is -0.450. The second kappa shape index (κ2) is 5.04. The van der Waals surface area contributed by atoms with E-state index in [0.29, 0.717) is 5.54 Å². The molecule has 0 amide bonds. The second-order valence-electron chi connectivity index (χ2n) is 5.32. The van der Waals surface area contributed by atoms with Crippen LogP contribution in [0.1, 0.15) is 34.8 Å². The molecule has 96 valence electrons. The molecule has 2 rings (SSSR count). The number of aromatic nitrogens is 1. The summed E-state index contributed by atoms with van der Waals surface area (Å²) in [4.78, 5) is 8.23. The summed E-state index contributed by atoms with van der Waals surface area (Å²) in [6, 6.07) is 0. The van der Waals surface area contributed by atoms with Gasteiger partial charge < -0.3 is 10.2 Å². The van der Waals surface area contributed by atoms with E-state index in [4.69, 9.17) is 0 Å². The van der Waals surface area contributed by atoms with Gasteiger partial charge in [0.15, 0.2) is 0 Å².